The zero-order chi connectivity index (χ0) is 19.3. The van der Waals surface area contributed by atoms with Crippen LogP contribution in [0.4, 0.5) is 17.3 Å². The maximum absolute atomic E-state index is 12.1. The van der Waals surface area contributed by atoms with Crippen LogP contribution >= 0.6 is 7.14 Å². The third kappa shape index (κ3) is 5.66. The molecule has 0 spiro atoms. The fourth-order valence-electron chi connectivity index (χ4n) is 2.66. The van der Waals surface area contributed by atoms with Crippen molar-refractivity contribution in [3.05, 3.63) is 72.1 Å². The lowest BCUT2D eigenvalue weighted by Crippen LogP contribution is -2.07. The fraction of sp³-hybridized carbons (Fsp3) is 0.238. The number of aromatic nitrogens is 2. The van der Waals surface area contributed by atoms with E-state index in [1.807, 2.05) is 30.3 Å². The Morgan fingerprint density at radius 2 is 1.59 bits per heavy atom. The Labute approximate surface area is 160 Å². The van der Waals surface area contributed by atoms with Gasteiger partial charge in [0, 0.05) is 23.6 Å². The largest absolute Gasteiger partial charge is 0.370 e. The number of nitrogens with one attached hydrogen (secondary N) is 2. The number of nitrogens with zero attached hydrogens (tertiary/aromatic N) is 2. The summed E-state index contributed by atoms with van der Waals surface area (Å²) >= 11 is 0. The first-order valence-corrected chi connectivity index (χ1v) is 11.5. The summed E-state index contributed by atoms with van der Waals surface area (Å²) in [4.78, 5) is 8.54. The summed E-state index contributed by atoms with van der Waals surface area (Å²) in [5.41, 5.74) is 3.47. The van der Waals surface area contributed by atoms with Crippen LogP contribution in [0.5, 0.6) is 0 Å². The smallest absolute Gasteiger partial charge is 0.135 e. The molecular weight excluding hydrogens is 355 g/mol. The van der Waals surface area contributed by atoms with Crippen molar-refractivity contribution in [2.45, 2.75) is 13.3 Å². The summed E-state index contributed by atoms with van der Waals surface area (Å²) in [5, 5.41) is 7.46. The van der Waals surface area contributed by atoms with Gasteiger partial charge in [-0.1, -0.05) is 29.8 Å². The van der Waals surface area contributed by atoms with E-state index in [2.05, 4.69) is 51.8 Å². The molecule has 0 aliphatic heterocycles. The van der Waals surface area contributed by atoms with E-state index < -0.39 is 7.14 Å². The standard InChI is InChI=1S/C21H25N4OP/c1-16-4-6-17(7-5-16)12-13-22-20-14-21(24-15-23-20)25-18-8-10-19(11-9-18)27(2,3)26/h4-11,14-15H,12-13H2,1-3H3,(H2,22,23,24,25). The highest BCUT2D eigenvalue weighted by molar-refractivity contribution is 7.70. The Morgan fingerprint density at radius 3 is 2.26 bits per heavy atom. The maximum Gasteiger partial charge on any atom is 0.135 e. The van der Waals surface area contributed by atoms with E-state index >= 15 is 0 Å². The van der Waals surface area contributed by atoms with Crippen LogP contribution in [0.3, 0.4) is 0 Å². The molecule has 2 N–H and O–H groups in total. The van der Waals surface area contributed by atoms with Gasteiger partial charge >= 0.3 is 0 Å². The summed E-state index contributed by atoms with van der Waals surface area (Å²) in [7, 11) is -2.23. The molecule has 6 heteroatoms. The SMILES string of the molecule is Cc1ccc(CCNc2cc(Nc3ccc(P(C)(C)=O)cc3)ncn2)cc1. The minimum Gasteiger partial charge on any atom is -0.370 e. The molecule has 0 amide bonds. The van der Waals surface area contributed by atoms with Gasteiger partial charge in [-0.3, -0.25) is 0 Å². The van der Waals surface area contributed by atoms with Gasteiger partial charge in [0.05, 0.1) is 0 Å². The van der Waals surface area contributed by atoms with Gasteiger partial charge in [-0.05, 0) is 56.5 Å². The maximum atomic E-state index is 12.1. The van der Waals surface area contributed by atoms with Gasteiger partial charge in [-0.25, -0.2) is 9.97 Å². The molecule has 0 saturated carbocycles. The average molecular weight is 380 g/mol. The highest BCUT2D eigenvalue weighted by atomic mass is 31.2. The van der Waals surface area contributed by atoms with Crippen LogP contribution in [-0.4, -0.2) is 29.8 Å². The molecule has 0 bridgehead atoms. The molecular formula is C21H25N4OP. The minimum absolute atomic E-state index is 0.715. The molecule has 0 unspecified atom stereocenters. The third-order valence-electron chi connectivity index (χ3n) is 4.27. The van der Waals surface area contributed by atoms with Crippen molar-refractivity contribution in [3.8, 4) is 0 Å². The Morgan fingerprint density at radius 1 is 0.926 bits per heavy atom. The molecule has 27 heavy (non-hydrogen) atoms. The predicted octanol–water partition coefficient (Wildman–Crippen LogP) is 4.43. The third-order valence-corrected chi connectivity index (χ3v) is 5.81. The second-order valence-electron chi connectivity index (χ2n) is 6.97. The van der Waals surface area contributed by atoms with E-state index in [4.69, 9.17) is 0 Å². The summed E-state index contributed by atoms with van der Waals surface area (Å²) in [6.07, 6.45) is 2.47. The van der Waals surface area contributed by atoms with Crippen LogP contribution in [0.15, 0.2) is 60.9 Å². The summed E-state index contributed by atoms with van der Waals surface area (Å²) in [6.45, 7) is 6.44. The van der Waals surface area contributed by atoms with E-state index in [1.54, 1.807) is 13.3 Å². The van der Waals surface area contributed by atoms with E-state index in [9.17, 15) is 4.57 Å². The number of hydrogen-bond donors (Lipinski definition) is 2. The Balaban J connectivity index is 1.58. The summed E-state index contributed by atoms with van der Waals surface area (Å²) in [5.74, 6) is 1.50. The zero-order valence-corrected chi connectivity index (χ0v) is 16.8. The van der Waals surface area contributed by atoms with Crippen LogP contribution in [0.2, 0.25) is 0 Å². The van der Waals surface area contributed by atoms with Crippen LogP contribution in [0.1, 0.15) is 11.1 Å². The van der Waals surface area contributed by atoms with Crippen LogP contribution < -0.4 is 15.9 Å². The van der Waals surface area contributed by atoms with Gasteiger partial charge in [-0.2, -0.15) is 0 Å². The summed E-state index contributed by atoms with van der Waals surface area (Å²) in [6, 6.07) is 18.1. The Hall–Kier alpha value is -2.65. The highest BCUT2D eigenvalue weighted by Crippen LogP contribution is 2.34. The Kier molecular flexibility index (Phi) is 5.92. The molecule has 5 nitrogen and oxygen atoms in total. The lowest BCUT2D eigenvalue weighted by atomic mass is 10.1. The van der Waals surface area contributed by atoms with Gasteiger partial charge in [0.2, 0.25) is 0 Å². The number of rotatable bonds is 7. The molecule has 0 saturated heterocycles. The van der Waals surface area contributed by atoms with Gasteiger partial charge in [0.1, 0.15) is 25.1 Å². The van der Waals surface area contributed by atoms with Crippen LogP contribution in [-0.2, 0) is 11.0 Å². The number of hydrogen-bond acceptors (Lipinski definition) is 5. The normalized spacial score (nSPS) is 11.2. The van der Waals surface area contributed by atoms with Crippen molar-refractivity contribution in [2.75, 3.05) is 30.5 Å². The zero-order valence-electron chi connectivity index (χ0n) is 15.9. The van der Waals surface area contributed by atoms with Gasteiger partial charge < -0.3 is 15.2 Å². The van der Waals surface area contributed by atoms with E-state index in [1.165, 1.54) is 17.5 Å². The van der Waals surface area contributed by atoms with Gasteiger partial charge in [0.25, 0.3) is 0 Å². The van der Waals surface area contributed by atoms with Crippen molar-refractivity contribution in [1.82, 2.24) is 9.97 Å². The molecule has 0 fully saturated rings. The van der Waals surface area contributed by atoms with Gasteiger partial charge in [0.15, 0.2) is 0 Å². The van der Waals surface area contributed by atoms with Crippen molar-refractivity contribution >= 4 is 29.8 Å². The van der Waals surface area contributed by atoms with Crippen LogP contribution in [0, 0.1) is 6.92 Å². The first kappa shape index (κ1) is 19.1. The average Bonchev–Trinajstić information content (AvgIpc) is 2.63. The second-order valence-corrected chi connectivity index (χ2v) is 10.2. The predicted molar refractivity (Wildman–Crippen MR) is 114 cm³/mol. The number of benzene rings is 2. The Bertz CT molecular complexity index is 933. The lowest BCUT2D eigenvalue weighted by Gasteiger charge is -2.11. The molecule has 140 valence electrons. The number of anilines is 3. The molecule has 3 rings (SSSR count). The molecule has 0 aliphatic carbocycles. The van der Waals surface area contributed by atoms with E-state index in [-0.39, 0.29) is 0 Å². The first-order chi connectivity index (χ1) is 12.9. The van der Waals surface area contributed by atoms with Crippen LogP contribution in [0.25, 0.3) is 0 Å². The monoisotopic (exact) mass is 380 g/mol. The summed E-state index contributed by atoms with van der Waals surface area (Å²) < 4.78 is 12.1. The van der Waals surface area contributed by atoms with Crippen molar-refractivity contribution in [3.63, 3.8) is 0 Å². The molecule has 1 aromatic heterocycles. The topological polar surface area (TPSA) is 66.9 Å². The molecule has 0 atom stereocenters. The van der Waals surface area contributed by atoms with E-state index in [0.29, 0.717) is 5.82 Å². The van der Waals surface area contributed by atoms with Crippen molar-refractivity contribution < 1.29 is 4.57 Å². The quantitative estimate of drug-likeness (QED) is 0.594. The van der Waals surface area contributed by atoms with Crippen molar-refractivity contribution in [2.24, 2.45) is 0 Å². The van der Waals surface area contributed by atoms with E-state index in [0.717, 1.165) is 29.8 Å². The lowest BCUT2D eigenvalue weighted by molar-refractivity contribution is 0.588. The molecule has 3 aromatic rings. The second kappa shape index (κ2) is 8.36. The fourth-order valence-corrected chi connectivity index (χ4v) is 3.53. The molecule has 1 heterocycles. The number of aryl methyl sites for hydroxylation is 1. The molecule has 2 aromatic carbocycles. The van der Waals surface area contributed by atoms with Gasteiger partial charge in [-0.15, -0.1) is 0 Å². The molecule has 0 radical (unpaired) electrons. The first-order valence-electron chi connectivity index (χ1n) is 8.94. The molecule has 0 aliphatic rings. The highest BCUT2D eigenvalue weighted by Gasteiger charge is 2.10. The van der Waals surface area contributed by atoms with Crippen molar-refractivity contribution in [1.29, 1.82) is 0 Å². The minimum atomic E-state index is -2.23.